The molecule has 10 heteroatoms. The van der Waals surface area contributed by atoms with E-state index in [-0.39, 0.29) is 6.04 Å². The summed E-state index contributed by atoms with van der Waals surface area (Å²) < 4.78 is 0. The summed E-state index contributed by atoms with van der Waals surface area (Å²) in [6.07, 6.45) is 6.99. The Morgan fingerprint density at radius 1 is 1.00 bits per heavy atom. The number of fused-ring (bicyclic) bond motifs is 1. The van der Waals surface area contributed by atoms with E-state index in [1.807, 2.05) is 62.8 Å². The number of nitrogens with zero attached hydrogens (tertiary/aromatic N) is 3. The molecule has 1 aliphatic heterocycles. The molecule has 0 saturated heterocycles. The number of benzene rings is 2. The average Bonchev–Trinajstić information content (AvgIpc) is 3.40. The van der Waals surface area contributed by atoms with Crippen LogP contribution in [0.15, 0.2) is 66.9 Å². The van der Waals surface area contributed by atoms with Crippen LogP contribution in [0.1, 0.15) is 28.3 Å². The number of nitrogens with one attached hydrogen (secondary N) is 5. The van der Waals surface area contributed by atoms with Crippen molar-refractivity contribution in [3.8, 4) is 6.07 Å². The van der Waals surface area contributed by atoms with E-state index in [0.29, 0.717) is 32.2 Å². The summed E-state index contributed by atoms with van der Waals surface area (Å²) in [7, 11) is 0. The van der Waals surface area contributed by atoms with E-state index in [1.54, 1.807) is 0 Å². The van der Waals surface area contributed by atoms with Crippen LogP contribution >= 0.6 is 23.2 Å². The van der Waals surface area contributed by atoms with Gasteiger partial charge in [0.25, 0.3) is 0 Å². The Morgan fingerprint density at radius 2 is 1.83 bits per heavy atom. The van der Waals surface area contributed by atoms with Crippen LogP contribution in [-0.2, 0) is 0 Å². The quantitative estimate of drug-likeness (QED) is 0.219. The van der Waals surface area contributed by atoms with Gasteiger partial charge in [0.1, 0.15) is 6.07 Å². The Balaban J connectivity index is 1.60. The molecule has 3 heterocycles. The van der Waals surface area contributed by atoms with Gasteiger partial charge in [0.2, 0.25) is 0 Å². The van der Waals surface area contributed by atoms with E-state index < -0.39 is 0 Å². The summed E-state index contributed by atoms with van der Waals surface area (Å²) in [4.78, 5) is 8.80. The second kappa shape index (κ2) is 9.91. The van der Waals surface area contributed by atoms with Crippen molar-refractivity contribution < 1.29 is 0 Å². The molecule has 0 aliphatic carbocycles. The summed E-state index contributed by atoms with van der Waals surface area (Å²) in [5, 5.41) is 18.5. The summed E-state index contributed by atoms with van der Waals surface area (Å²) in [6, 6.07) is 13.4. The third-order valence-electron chi connectivity index (χ3n) is 5.84. The van der Waals surface area contributed by atoms with Gasteiger partial charge in [0.05, 0.1) is 33.5 Å². The van der Waals surface area contributed by atoms with Crippen LogP contribution in [0.4, 0.5) is 17.1 Å². The number of aromatic nitrogens is 2. The molecule has 180 valence electrons. The zero-order chi connectivity index (χ0) is 25.2. The van der Waals surface area contributed by atoms with Crippen molar-refractivity contribution in [2.75, 3.05) is 10.6 Å². The van der Waals surface area contributed by atoms with Gasteiger partial charge in [-0.2, -0.15) is 10.8 Å². The first kappa shape index (κ1) is 23.7. The number of aryl methyl sites for hydroxylation is 2. The van der Waals surface area contributed by atoms with Crippen molar-refractivity contribution in [2.24, 2.45) is 0 Å². The number of hydrazine groups is 2. The molecule has 2 aromatic heterocycles. The normalized spacial score (nSPS) is 13.4. The molecule has 0 unspecified atom stereocenters. The van der Waals surface area contributed by atoms with Gasteiger partial charge >= 0.3 is 0 Å². The Morgan fingerprint density at radius 3 is 2.56 bits per heavy atom. The van der Waals surface area contributed by atoms with Gasteiger partial charge in [-0.15, -0.1) is 0 Å². The summed E-state index contributed by atoms with van der Waals surface area (Å²) in [6.45, 7) is 3.93. The van der Waals surface area contributed by atoms with E-state index >= 15 is 0 Å². The van der Waals surface area contributed by atoms with Gasteiger partial charge in [-0.25, -0.2) is 0 Å². The van der Waals surface area contributed by atoms with Crippen molar-refractivity contribution in [2.45, 2.75) is 19.9 Å². The molecule has 0 radical (unpaired) electrons. The molecule has 0 spiro atoms. The molecule has 4 aromatic rings. The Labute approximate surface area is 218 Å². The fourth-order valence-corrected chi connectivity index (χ4v) is 4.48. The minimum Gasteiger partial charge on any atom is -0.373 e. The molecule has 5 N–H and O–H groups in total. The Bertz CT molecular complexity index is 1540. The first-order chi connectivity index (χ1) is 17.4. The maximum Gasteiger partial charge on any atom is 0.103 e. The molecule has 0 saturated carbocycles. The number of pyridine rings is 2. The van der Waals surface area contributed by atoms with Gasteiger partial charge in [-0.3, -0.25) is 9.97 Å². The van der Waals surface area contributed by atoms with Crippen LogP contribution in [0, 0.1) is 25.2 Å². The fraction of sp³-hybridized carbons (Fsp3) is 0.115. The second-order valence-corrected chi connectivity index (χ2v) is 9.28. The lowest BCUT2D eigenvalue weighted by Crippen LogP contribution is -2.34. The van der Waals surface area contributed by atoms with Crippen molar-refractivity contribution >= 4 is 51.2 Å². The van der Waals surface area contributed by atoms with Gasteiger partial charge in [0.15, 0.2) is 0 Å². The molecule has 1 aliphatic rings. The molecule has 0 fully saturated rings. The maximum atomic E-state index is 9.82. The SMILES string of the molecule is Cc1cncc([C@H](Nc2cc(Cl)c3ncc(C#N)c(Nc4ccc(C)c(Cl)c4)c3c2)C2=CNNN2)c1. The van der Waals surface area contributed by atoms with Crippen LogP contribution < -0.4 is 27.0 Å². The predicted octanol–water partition coefficient (Wildman–Crippen LogP) is 5.78. The molecular formula is C26H22Cl2N8. The van der Waals surface area contributed by atoms with Gasteiger partial charge < -0.3 is 21.5 Å². The number of halogens is 2. The monoisotopic (exact) mass is 516 g/mol. The predicted molar refractivity (Wildman–Crippen MR) is 144 cm³/mol. The molecule has 0 bridgehead atoms. The molecule has 1 atom stereocenters. The van der Waals surface area contributed by atoms with E-state index in [0.717, 1.165) is 33.8 Å². The third kappa shape index (κ3) is 4.72. The highest BCUT2D eigenvalue weighted by atomic mass is 35.5. The van der Waals surface area contributed by atoms with Gasteiger partial charge in [-0.1, -0.05) is 35.3 Å². The molecule has 2 aromatic carbocycles. The number of rotatable bonds is 6. The lowest BCUT2D eigenvalue weighted by molar-refractivity contribution is 0.583. The molecule has 0 amide bonds. The Hall–Kier alpha value is -4.03. The highest BCUT2D eigenvalue weighted by Gasteiger charge is 2.21. The Kier molecular flexibility index (Phi) is 6.53. The summed E-state index contributed by atoms with van der Waals surface area (Å²) in [5.74, 6) is 0. The fourth-order valence-electron chi connectivity index (χ4n) is 4.03. The first-order valence-electron chi connectivity index (χ1n) is 11.1. The smallest absolute Gasteiger partial charge is 0.103 e. The molecular weight excluding hydrogens is 495 g/mol. The standard InChI is InChI=1S/C26H22Cl2N8/c1-14-5-16(11-30-10-14)25(23-13-32-36-35-23)34-19-6-20-24(33-18-4-3-15(2)21(27)7-18)17(9-29)12-31-26(20)22(28)8-19/h3-8,10-13,25,32,34-36H,1-2H3,(H,31,33)/t25-/m0/s1. The van der Waals surface area contributed by atoms with E-state index in [1.165, 1.54) is 6.20 Å². The average molecular weight is 517 g/mol. The first-order valence-corrected chi connectivity index (χ1v) is 11.9. The lowest BCUT2D eigenvalue weighted by atomic mass is 10.0. The third-order valence-corrected chi connectivity index (χ3v) is 6.54. The van der Waals surface area contributed by atoms with Gasteiger partial charge in [0, 0.05) is 46.6 Å². The minimum atomic E-state index is -0.257. The van der Waals surface area contributed by atoms with Crippen LogP contribution in [0.3, 0.4) is 0 Å². The summed E-state index contributed by atoms with van der Waals surface area (Å²) >= 11 is 13.0. The van der Waals surface area contributed by atoms with Crippen molar-refractivity contribution in [3.63, 3.8) is 0 Å². The van der Waals surface area contributed by atoms with E-state index in [2.05, 4.69) is 49.1 Å². The van der Waals surface area contributed by atoms with Crippen LogP contribution in [-0.4, -0.2) is 9.97 Å². The van der Waals surface area contributed by atoms with Crippen molar-refractivity contribution in [1.82, 2.24) is 26.4 Å². The lowest BCUT2D eigenvalue weighted by Gasteiger charge is -2.22. The van der Waals surface area contributed by atoms with E-state index in [4.69, 9.17) is 23.2 Å². The van der Waals surface area contributed by atoms with E-state index in [9.17, 15) is 5.26 Å². The number of anilines is 3. The largest absolute Gasteiger partial charge is 0.373 e. The molecule has 5 rings (SSSR count). The zero-order valence-electron chi connectivity index (χ0n) is 19.4. The van der Waals surface area contributed by atoms with Crippen LogP contribution in [0.2, 0.25) is 10.0 Å². The van der Waals surface area contributed by atoms with Crippen molar-refractivity contribution in [1.29, 1.82) is 5.26 Å². The van der Waals surface area contributed by atoms with Crippen LogP contribution in [0.5, 0.6) is 0 Å². The van der Waals surface area contributed by atoms with Crippen LogP contribution in [0.25, 0.3) is 10.9 Å². The maximum absolute atomic E-state index is 9.82. The minimum absolute atomic E-state index is 0.257. The number of nitriles is 1. The second-order valence-electron chi connectivity index (χ2n) is 8.47. The van der Waals surface area contributed by atoms with Gasteiger partial charge in [-0.05, 0) is 54.8 Å². The highest BCUT2D eigenvalue weighted by molar-refractivity contribution is 6.36. The zero-order valence-corrected chi connectivity index (χ0v) is 21.0. The van der Waals surface area contributed by atoms with Crippen molar-refractivity contribution in [3.05, 3.63) is 99.2 Å². The number of hydrogen-bond donors (Lipinski definition) is 5. The molecule has 8 nitrogen and oxygen atoms in total. The highest BCUT2D eigenvalue weighted by Crippen LogP contribution is 2.37. The number of hydrogen-bond acceptors (Lipinski definition) is 8. The molecule has 36 heavy (non-hydrogen) atoms. The topological polar surface area (TPSA) is 110 Å². The summed E-state index contributed by atoms with van der Waals surface area (Å²) in [5.41, 5.74) is 15.9.